The first kappa shape index (κ1) is 16.0. The average Bonchev–Trinajstić information content (AvgIpc) is 2.92. The average molecular weight is 323 g/mol. The Bertz CT molecular complexity index is 871. The largest absolute Gasteiger partial charge is 0.334 e. The van der Waals surface area contributed by atoms with Crippen molar-refractivity contribution in [3.63, 3.8) is 0 Å². The lowest BCUT2D eigenvalue weighted by molar-refractivity contribution is 0.237. The highest BCUT2D eigenvalue weighted by Crippen LogP contribution is 2.16. The predicted octanol–water partition coefficient (Wildman–Crippen LogP) is 2.84. The minimum absolute atomic E-state index is 0.0977. The van der Waals surface area contributed by atoms with E-state index in [2.05, 4.69) is 20.7 Å². The number of carbonyl (C=O) groups is 1. The van der Waals surface area contributed by atoms with E-state index in [0.717, 1.165) is 27.7 Å². The van der Waals surface area contributed by atoms with Crippen LogP contribution in [0.2, 0.25) is 0 Å². The summed E-state index contributed by atoms with van der Waals surface area (Å²) < 4.78 is 1.80. The summed E-state index contributed by atoms with van der Waals surface area (Å²) in [5, 5.41) is 11.1. The maximum absolute atomic E-state index is 12.1. The third kappa shape index (κ3) is 3.37. The molecule has 24 heavy (non-hydrogen) atoms. The molecule has 1 atom stereocenters. The van der Waals surface area contributed by atoms with Gasteiger partial charge in [0.25, 0.3) is 0 Å². The first-order chi connectivity index (χ1) is 11.5. The zero-order valence-corrected chi connectivity index (χ0v) is 14.1. The molecule has 1 aromatic carbocycles. The minimum atomic E-state index is -0.197. The molecule has 2 amide bonds. The van der Waals surface area contributed by atoms with E-state index >= 15 is 0 Å². The summed E-state index contributed by atoms with van der Waals surface area (Å²) in [6.45, 7) is 4.40. The molecule has 2 heterocycles. The highest BCUT2D eigenvalue weighted by molar-refractivity contribution is 5.79. The Balaban J connectivity index is 1.59. The quantitative estimate of drug-likeness (QED) is 0.775. The second-order valence-corrected chi connectivity index (χ2v) is 5.89. The number of nitrogens with one attached hydrogen (secondary N) is 2. The van der Waals surface area contributed by atoms with Crippen molar-refractivity contribution < 1.29 is 4.79 Å². The molecule has 124 valence electrons. The Morgan fingerprint density at radius 1 is 1.33 bits per heavy atom. The molecule has 6 nitrogen and oxygen atoms in total. The highest BCUT2D eigenvalue weighted by atomic mass is 16.2. The first-order valence-electron chi connectivity index (χ1n) is 7.91. The van der Waals surface area contributed by atoms with Crippen LogP contribution in [0.3, 0.4) is 0 Å². The van der Waals surface area contributed by atoms with Gasteiger partial charge in [-0.05, 0) is 37.6 Å². The number of carbonyl (C=O) groups excluding carboxylic acids is 1. The topological polar surface area (TPSA) is 71.8 Å². The van der Waals surface area contributed by atoms with Gasteiger partial charge in [0.15, 0.2) is 0 Å². The van der Waals surface area contributed by atoms with Crippen LogP contribution < -0.4 is 10.6 Å². The van der Waals surface area contributed by atoms with E-state index < -0.39 is 0 Å². The second-order valence-electron chi connectivity index (χ2n) is 5.89. The van der Waals surface area contributed by atoms with Crippen molar-refractivity contribution in [2.45, 2.75) is 26.4 Å². The Labute approximate surface area is 140 Å². The van der Waals surface area contributed by atoms with Gasteiger partial charge in [0.2, 0.25) is 0 Å². The summed E-state index contributed by atoms with van der Waals surface area (Å²) in [5.74, 6) is 0. The van der Waals surface area contributed by atoms with Gasteiger partial charge >= 0.3 is 6.03 Å². The molecule has 0 aliphatic carbocycles. The molecule has 0 fully saturated rings. The number of amides is 2. The molecule has 0 aliphatic rings. The Morgan fingerprint density at radius 2 is 2.17 bits per heavy atom. The van der Waals surface area contributed by atoms with E-state index in [1.165, 1.54) is 0 Å². The van der Waals surface area contributed by atoms with Gasteiger partial charge < -0.3 is 10.6 Å². The van der Waals surface area contributed by atoms with E-state index in [4.69, 9.17) is 0 Å². The summed E-state index contributed by atoms with van der Waals surface area (Å²) in [6.07, 6.45) is 3.56. The number of fused-ring (bicyclic) bond motifs is 1. The van der Waals surface area contributed by atoms with Crippen molar-refractivity contribution in [3.05, 3.63) is 59.5 Å². The van der Waals surface area contributed by atoms with Gasteiger partial charge in [-0.1, -0.05) is 12.1 Å². The SMILES string of the molecule is Cc1c(C(C)NC(=O)NCc2ccc3ncccc3c2)cnn1C. The number of hydrogen-bond acceptors (Lipinski definition) is 3. The third-order valence-electron chi connectivity index (χ3n) is 4.21. The van der Waals surface area contributed by atoms with Crippen LogP contribution in [0.25, 0.3) is 10.9 Å². The first-order valence-corrected chi connectivity index (χ1v) is 7.91. The van der Waals surface area contributed by atoms with Crippen molar-refractivity contribution in [1.29, 1.82) is 0 Å². The van der Waals surface area contributed by atoms with E-state index in [0.29, 0.717) is 6.54 Å². The van der Waals surface area contributed by atoms with Crippen LogP contribution in [-0.2, 0) is 13.6 Å². The summed E-state index contributed by atoms with van der Waals surface area (Å²) in [7, 11) is 1.89. The number of aryl methyl sites for hydroxylation is 1. The highest BCUT2D eigenvalue weighted by Gasteiger charge is 2.14. The smallest absolute Gasteiger partial charge is 0.315 e. The van der Waals surface area contributed by atoms with Gasteiger partial charge in [0, 0.05) is 36.4 Å². The molecule has 3 rings (SSSR count). The van der Waals surface area contributed by atoms with E-state index in [9.17, 15) is 4.79 Å². The number of benzene rings is 1. The molecule has 0 bridgehead atoms. The molecule has 0 spiro atoms. The molecule has 3 aromatic rings. The van der Waals surface area contributed by atoms with Crippen LogP contribution in [0.4, 0.5) is 4.79 Å². The van der Waals surface area contributed by atoms with E-state index in [-0.39, 0.29) is 12.1 Å². The summed E-state index contributed by atoms with van der Waals surface area (Å²) in [5.41, 5.74) is 4.05. The van der Waals surface area contributed by atoms with Crippen LogP contribution in [0, 0.1) is 6.92 Å². The van der Waals surface area contributed by atoms with Gasteiger partial charge in [-0.2, -0.15) is 5.10 Å². The molecule has 2 N–H and O–H groups in total. The third-order valence-corrected chi connectivity index (χ3v) is 4.21. The lowest BCUT2D eigenvalue weighted by Gasteiger charge is -2.14. The molecule has 0 radical (unpaired) electrons. The summed E-state index contributed by atoms with van der Waals surface area (Å²) in [6, 6.07) is 9.60. The molecule has 6 heteroatoms. The zero-order chi connectivity index (χ0) is 17.1. The normalized spacial score (nSPS) is 12.1. The van der Waals surface area contributed by atoms with Gasteiger partial charge in [-0.15, -0.1) is 0 Å². The monoisotopic (exact) mass is 323 g/mol. The van der Waals surface area contributed by atoms with Crippen LogP contribution >= 0.6 is 0 Å². The van der Waals surface area contributed by atoms with E-state index in [1.54, 1.807) is 17.1 Å². The van der Waals surface area contributed by atoms with Gasteiger partial charge in [-0.25, -0.2) is 4.79 Å². The standard InChI is InChI=1S/C18H21N5O/c1-12(16-11-21-23(3)13(16)2)22-18(24)20-10-14-6-7-17-15(9-14)5-4-8-19-17/h4-9,11-12H,10H2,1-3H3,(H2,20,22,24). The maximum atomic E-state index is 12.1. The van der Waals surface area contributed by atoms with Gasteiger partial charge in [0.05, 0.1) is 17.8 Å². The molecule has 2 aromatic heterocycles. The van der Waals surface area contributed by atoms with Gasteiger partial charge in [0.1, 0.15) is 0 Å². The molecule has 0 aliphatic heterocycles. The van der Waals surface area contributed by atoms with Crippen LogP contribution in [0.15, 0.2) is 42.7 Å². The fraction of sp³-hybridized carbons (Fsp3) is 0.278. The Hall–Kier alpha value is -2.89. The van der Waals surface area contributed by atoms with Crippen molar-refractivity contribution >= 4 is 16.9 Å². The Morgan fingerprint density at radius 3 is 2.92 bits per heavy atom. The summed E-state index contributed by atoms with van der Waals surface area (Å²) in [4.78, 5) is 16.4. The zero-order valence-electron chi connectivity index (χ0n) is 14.1. The van der Waals surface area contributed by atoms with Crippen molar-refractivity contribution in [1.82, 2.24) is 25.4 Å². The maximum Gasteiger partial charge on any atom is 0.315 e. The number of hydrogen-bond donors (Lipinski definition) is 2. The van der Waals surface area contributed by atoms with Crippen LogP contribution in [0.5, 0.6) is 0 Å². The molecule has 0 saturated heterocycles. The molecular weight excluding hydrogens is 302 g/mol. The number of pyridine rings is 1. The van der Waals surface area contributed by atoms with Crippen LogP contribution in [0.1, 0.15) is 29.8 Å². The summed E-state index contributed by atoms with van der Waals surface area (Å²) >= 11 is 0. The van der Waals surface area contributed by atoms with Crippen LogP contribution in [-0.4, -0.2) is 20.8 Å². The van der Waals surface area contributed by atoms with Crippen molar-refractivity contribution in [2.24, 2.45) is 7.05 Å². The molecule has 1 unspecified atom stereocenters. The van der Waals surface area contributed by atoms with Gasteiger partial charge in [-0.3, -0.25) is 9.67 Å². The fourth-order valence-corrected chi connectivity index (χ4v) is 2.68. The van der Waals surface area contributed by atoms with E-state index in [1.807, 2.05) is 51.2 Å². The Kier molecular flexibility index (Phi) is 4.46. The predicted molar refractivity (Wildman–Crippen MR) is 93.5 cm³/mol. The number of urea groups is 1. The lowest BCUT2D eigenvalue weighted by Crippen LogP contribution is -2.36. The number of aromatic nitrogens is 3. The lowest BCUT2D eigenvalue weighted by atomic mass is 10.1. The van der Waals surface area contributed by atoms with Crippen molar-refractivity contribution in [2.75, 3.05) is 0 Å². The number of nitrogens with zero attached hydrogens (tertiary/aromatic N) is 3. The number of rotatable bonds is 4. The molecule has 0 saturated carbocycles. The van der Waals surface area contributed by atoms with Crippen molar-refractivity contribution in [3.8, 4) is 0 Å². The fourth-order valence-electron chi connectivity index (χ4n) is 2.68. The second kappa shape index (κ2) is 6.70. The molecular formula is C18H21N5O. The minimum Gasteiger partial charge on any atom is -0.334 e.